The van der Waals surface area contributed by atoms with Gasteiger partial charge in [-0.2, -0.15) is 0 Å². The first-order chi connectivity index (χ1) is 15.1. The number of rotatable bonds is 9. The van der Waals surface area contributed by atoms with Crippen LogP contribution in [0.15, 0.2) is 53.7 Å². The molecule has 31 heavy (non-hydrogen) atoms. The number of nitrogens with one attached hydrogen (secondary N) is 1. The Morgan fingerprint density at radius 3 is 2.58 bits per heavy atom. The van der Waals surface area contributed by atoms with Crippen molar-refractivity contribution in [3.8, 4) is 17.2 Å². The highest BCUT2D eigenvalue weighted by Crippen LogP contribution is 2.40. The fourth-order valence-corrected chi connectivity index (χ4v) is 4.04. The fraction of sp³-hybridized carbons (Fsp3) is 0.348. The second-order valence-electron chi connectivity index (χ2n) is 7.44. The molecule has 0 radical (unpaired) electrons. The Labute approximate surface area is 186 Å². The number of ether oxygens (including phenoxy) is 2. The molecule has 3 aromatic rings. The summed E-state index contributed by atoms with van der Waals surface area (Å²) in [6.45, 7) is 2.28. The number of para-hydroxylation sites is 1. The number of hydrogen-bond acceptors (Lipinski definition) is 6. The lowest BCUT2D eigenvalue weighted by Crippen LogP contribution is -2.30. The van der Waals surface area contributed by atoms with E-state index in [1.807, 2.05) is 60.1 Å². The predicted octanol–water partition coefficient (Wildman–Crippen LogP) is 3.96. The fourth-order valence-electron chi connectivity index (χ4n) is 3.25. The van der Waals surface area contributed by atoms with Gasteiger partial charge in [-0.05, 0) is 49.6 Å². The van der Waals surface area contributed by atoms with Gasteiger partial charge in [0.05, 0.1) is 25.2 Å². The Bertz CT molecular complexity index is 1050. The van der Waals surface area contributed by atoms with Gasteiger partial charge in [-0.1, -0.05) is 36.0 Å². The van der Waals surface area contributed by atoms with Crippen molar-refractivity contribution in [1.29, 1.82) is 0 Å². The van der Waals surface area contributed by atoms with Gasteiger partial charge in [-0.25, -0.2) is 9.67 Å². The van der Waals surface area contributed by atoms with Crippen LogP contribution in [0.5, 0.6) is 11.5 Å². The molecule has 1 fully saturated rings. The molecule has 7 nitrogen and oxygen atoms in total. The smallest absolute Gasteiger partial charge is 0.233 e. The van der Waals surface area contributed by atoms with Crippen molar-refractivity contribution in [1.82, 2.24) is 20.1 Å². The summed E-state index contributed by atoms with van der Waals surface area (Å²) in [4.78, 5) is 17.4. The number of carbonyl (C=O) groups is 1. The summed E-state index contributed by atoms with van der Waals surface area (Å²) >= 11 is 1.38. The molecule has 8 heteroatoms. The van der Waals surface area contributed by atoms with Crippen molar-refractivity contribution in [2.75, 3.05) is 14.2 Å². The van der Waals surface area contributed by atoms with E-state index in [-0.39, 0.29) is 11.2 Å². The van der Waals surface area contributed by atoms with Crippen molar-refractivity contribution in [3.63, 3.8) is 0 Å². The number of aromatic nitrogens is 3. The van der Waals surface area contributed by atoms with Gasteiger partial charge in [-0.15, -0.1) is 5.10 Å². The normalized spacial score (nSPS) is 14.2. The molecule has 1 unspecified atom stereocenters. The molecule has 0 saturated heterocycles. The maximum Gasteiger partial charge on any atom is 0.233 e. The third-order valence-corrected chi connectivity index (χ3v) is 6.07. The van der Waals surface area contributed by atoms with E-state index >= 15 is 0 Å². The summed E-state index contributed by atoms with van der Waals surface area (Å²) in [5, 5.41) is 7.96. The largest absolute Gasteiger partial charge is 0.493 e. The molecule has 1 N–H and O–H groups in total. The van der Waals surface area contributed by atoms with Gasteiger partial charge in [0.1, 0.15) is 5.82 Å². The third-order valence-electron chi connectivity index (χ3n) is 5.12. The molecule has 1 aliphatic carbocycles. The molecule has 1 aliphatic rings. The van der Waals surface area contributed by atoms with Crippen LogP contribution in [0, 0.1) is 0 Å². The van der Waals surface area contributed by atoms with E-state index in [0.29, 0.717) is 29.1 Å². The number of nitrogens with zero attached hydrogens (tertiary/aromatic N) is 3. The van der Waals surface area contributed by atoms with Gasteiger partial charge in [-0.3, -0.25) is 4.79 Å². The number of thioether (sulfide) groups is 1. The van der Waals surface area contributed by atoms with E-state index in [1.54, 1.807) is 14.2 Å². The minimum Gasteiger partial charge on any atom is -0.493 e. The van der Waals surface area contributed by atoms with Crippen LogP contribution in [0.1, 0.15) is 37.1 Å². The van der Waals surface area contributed by atoms with Gasteiger partial charge >= 0.3 is 0 Å². The second kappa shape index (κ2) is 9.43. The minimum atomic E-state index is -0.321. The van der Waals surface area contributed by atoms with E-state index in [0.717, 1.165) is 29.9 Å². The highest BCUT2D eigenvalue weighted by Gasteiger charge is 2.31. The Morgan fingerprint density at radius 2 is 1.90 bits per heavy atom. The molecular formula is C23H26N4O3S. The van der Waals surface area contributed by atoms with Crippen molar-refractivity contribution in [2.45, 2.75) is 42.6 Å². The van der Waals surface area contributed by atoms with Crippen molar-refractivity contribution in [2.24, 2.45) is 0 Å². The lowest BCUT2D eigenvalue weighted by Gasteiger charge is -2.12. The van der Waals surface area contributed by atoms with Crippen LogP contribution in [0.3, 0.4) is 0 Å². The molecular weight excluding hydrogens is 412 g/mol. The van der Waals surface area contributed by atoms with Gasteiger partial charge in [0.15, 0.2) is 11.5 Å². The quantitative estimate of drug-likeness (QED) is 0.510. The Morgan fingerprint density at radius 1 is 1.16 bits per heavy atom. The van der Waals surface area contributed by atoms with Crippen LogP contribution in [0.25, 0.3) is 5.69 Å². The van der Waals surface area contributed by atoms with Gasteiger partial charge in [0.25, 0.3) is 0 Å². The van der Waals surface area contributed by atoms with E-state index in [2.05, 4.69) is 10.4 Å². The van der Waals surface area contributed by atoms with Crippen LogP contribution in [-0.4, -0.2) is 40.1 Å². The van der Waals surface area contributed by atoms with Crippen LogP contribution in [0.2, 0.25) is 0 Å². The monoisotopic (exact) mass is 438 g/mol. The van der Waals surface area contributed by atoms with E-state index in [9.17, 15) is 4.79 Å². The zero-order chi connectivity index (χ0) is 21.8. The second-order valence-corrected chi connectivity index (χ2v) is 8.75. The molecule has 162 valence electrons. The minimum absolute atomic E-state index is 0.0659. The van der Waals surface area contributed by atoms with Crippen LogP contribution >= 0.6 is 11.8 Å². The Hall–Kier alpha value is -3.00. The van der Waals surface area contributed by atoms with Crippen LogP contribution in [0.4, 0.5) is 0 Å². The van der Waals surface area contributed by atoms with E-state index in [4.69, 9.17) is 14.5 Å². The number of carbonyl (C=O) groups excluding carboxylic acids is 1. The van der Waals surface area contributed by atoms with Gasteiger partial charge in [0, 0.05) is 12.5 Å². The molecule has 1 saturated carbocycles. The van der Waals surface area contributed by atoms with Crippen LogP contribution in [-0.2, 0) is 11.3 Å². The molecule has 2 aromatic carbocycles. The lowest BCUT2D eigenvalue weighted by atomic mass is 10.2. The summed E-state index contributed by atoms with van der Waals surface area (Å²) < 4.78 is 12.5. The number of hydrogen-bond donors (Lipinski definition) is 1. The zero-order valence-electron chi connectivity index (χ0n) is 17.9. The van der Waals surface area contributed by atoms with Crippen LogP contribution < -0.4 is 14.8 Å². The van der Waals surface area contributed by atoms with E-state index in [1.165, 1.54) is 11.8 Å². The molecule has 0 spiro atoms. The van der Waals surface area contributed by atoms with Gasteiger partial charge < -0.3 is 14.8 Å². The highest BCUT2D eigenvalue weighted by atomic mass is 32.2. The molecule has 1 amide bonds. The SMILES string of the molecule is COc1ccc(CNC(=O)C(C)Sc2nc(C3CC3)n(-c3ccccc3)n2)cc1OC. The molecule has 1 aromatic heterocycles. The maximum absolute atomic E-state index is 12.7. The first-order valence-corrected chi connectivity index (χ1v) is 11.1. The number of methoxy groups -OCH3 is 2. The summed E-state index contributed by atoms with van der Waals surface area (Å²) in [6, 6.07) is 15.6. The standard InChI is InChI=1S/C23H26N4O3S/c1-15(22(28)24-14-16-9-12-19(29-2)20(13-16)30-3)31-23-25-21(17-10-11-17)27(26-23)18-7-5-4-6-8-18/h4-9,12-13,15,17H,10-11,14H2,1-3H3,(H,24,28). The molecule has 1 heterocycles. The molecule has 0 aliphatic heterocycles. The summed E-state index contributed by atoms with van der Waals surface area (Å²) in [5.74, 6) is 2.67. The van der Waals surface area contributed by atoms with Crippen molar-refractivity contribution >= 4 is 17.7 Å². The molecule has 0 bridgehead atoms. The highest BCUT2D eigenvalue weighted by molar-refractivity contribution is 8.00. The molecule has 1 atom stereocenters. The Kier molecular flexibility index (Phi) is 6.46. The van der Waals surface area contributed by atoms with E-state index < -0.39 is 0 Å². The maximum atomic E-state index is 12.7. The first kappa shape index (κ1) is 21.2. The average molecular weight is 439 g/mol. The topological polar surface area (TPSA) is 78.3 Å². The number of benzene rings is 2. The summed E-state index contributed by atoms with van der Waals surface area (Å²) in [7, 11) is 3.19. The van der Waals surface area contributed by atoms with Gasteiger partial charge in [0.2, 0.25) is 11.1 Å². The van der Waals surface area contributed by atoms with Crippen molar-refractivity contribution in [3.05, 3.63) is 59.9 Å². The average Bonchev–Trinajstić information content (AvgIpc) is 3.57. The Balaban J connectivity index is 1.40. The summed E-state index contributed by atoms with van der Waals surface area (Å²) in [6.07, 6.45) is 2.27. The first-order valence-electron chi connectivity index (χ1n) is 10.3. The number of amides is 1. The molecule has 4 rings (SSSR count). The predicted molar refractivity (Wildman–Crippen MR) is 120 cm³/mol. The zero-order valence-corrected chi connectivity index (χ0v) is 18.7. The third kappa shape index (κ3) is 5.02. The summed E-state index contributed by atoms with van der Waals surface area (Å²) in [5.41, 5.74) is 1.93. The van der Waals surface area contributed by atoms with Crippen molar-refractivity contribution < 1.29 is 14.3 Å². The lowest BCUT2D eigenvalue weighted by molar-refractivity contribution is -0.120.